The van der Waals surface area contributed by atoms with E-state index in [-0.39, 0.29) is 0 Å². The zero-order valence-corrected chi connectivity index (χ0v) is 16.7. The number of hydrogen-bond donors (Lipinski definition) is 0. The van der Waals surface area contributed by atoms with Crippen LogP contribution in [0.15, 0.2) is 78.0 Å². The summed E-state index contributed by atoms with van der Waals surface area (Å²) in [5.74, 6) is 1.12. The van der Waals surface area contributed by atoms with E-state index in [9.17, 15) is 5.21 Å². The van der Waals surface area contributed by atoms with E-state index < -0.39 is 4.76 Å². The van der Waals surface area contributed by atoms with Gasteiger partial charge in [0.15, 0.2) is 5.69 Å². The Bertz CT molecular complexity index is 1000. The third-order valence-corrected chi connectivity index (χ3v) is 4.82. The van der Waals surface area contributed by atoms with Crippen molar-refractivity contribution in [2.24, 2.45) is 5.10 Å². The van der Waals surface area contributed by atoms with E-state index in [1.165, 1.54) is 0 Å². The zero-order valence-electron chi connectivity index (χ0n) is 16.7. The lowest BCUT2D eigenvalue weighted by Gasteiger charge is -2.30. The summed E-state index contributed by atoms with van der Waals surface area (Å²) >= 11 is 0. The van der Waals surface area contributed by atoms with Crippen molar-refractivity contribution in [1.82, 2.24) is 14.6 Å². The van der Waals surface area contributed by atoms with Gasteiger partial charge in [-0.1, -0.05) is 35.4 Å². The van der Waals surface area contributed by atoms with Gasteiger partial charge in [0.05, 0.1) is 12.2 Å². The first kappa shape index (κ1) is 19.3. The first-order chi connectivity index (χ1) is 14.1. The molecule has 0 radical (unpaired) electrons. The highest BCUT2D eigenvalue weighted by Gasteiger charge is 2.38. The smallest absolute Gasteiger partial charge is 0.269 e. The van der Waals surface area contributed by atoms with Crippen molar-refractivity contribution >= 4 is 17.2 Å². The molecule has 1 unspecified atom stereocenters. The van der Waals surface area contributed by atoms with Gasteiger partial charge in [0, 0.05) is 30.4 Å². The molecule has 6 heteroatoms. The highest BCUT2D eigenvalue weighted by atomic mass is 16.6. The van der Waals surface area contributed by atoms with Gasteiger partial charge in [-0.05, 0) is 44.8 Å². The monoisotopic (exact) mass is 388 g/mol. The van der Waals surface area contributed by atoms with Gasteiger partial charge in [-0.25, -0.2) is 4.98 Å². The SMILES string of the molecule is CN(C)CCCOc1ccc([N+]2([O-])N=C(c3ccccc3)c3cccnc32)cc1. The summed E-state index contributed by atoms with van der Waals surface area (Å²) in [5.41, 5.74) is 2.82. The number of hydrogen-bond acceptors (Lipinski definition) is 5. The van der Waals surface area contributed by atoms with Crippen molar-refractivity contribution in [2.75, 3.05) is 27.2 Å². The number of benzene rings is 2. The lowest BCUT2D eigenvalue weighted by atomic mass is 10.0. The van der Waals surface area contributed by atoms with E-state index in [2.05, 4.69) is 15.0 Å². The van der Waals surface area contributed by atoms with Crippen molar-refractivity contribution in [1.29, 1.82) is 0 Å². The topological polar surface area (TPSA) is 60.8 Å². The second-order valence-electron chi connectivity index (χ2n) is 7.26. The van der Waals surface area contributed by atoms with E-state index in [1.54, 1.807) is 18.3 Å². The minimum absolute atomic E-state index is 0.381. The van der Waals surface area contributed by atoms with Gasteiger partial charge in [0.25, 0.3) is 5.82 Å². The average Bonchev–Trinajstić information content (AvgIpc) is 3.06. The van der Waals surface area contributed by atoms with Crippen molar-refractivity contribution in [2.45, 2.75) is 6.42 Å². The fraction of sp³-hybridized carbons (Fsp3) is 0.217. The Balaban J connectivity index is 1.61. The van der Waals surface area contributed by atoms with Crippen LogP contribution in [0.2, 0.25) is 0 Å². The van der Waals surface area contributed by atoms with Crippen LogP contribution in [-0.4, -0.2) is 42.8 Å². The Morgan fingerprint density at radius 3 is 2.45 bits per heavy atom. The Morgan fingerprint density at radius 1 is 0.966 bits per heavy atom. The molecule has 0 N–H and O–H groups in total. The van der Waals surface area contributed by atoms with Crippen LogP contribution in [-0.2, 0) is 0 Å². The maximum Gasteiger partial charge on any atom is 0.269 e. The van der Waals surface area contributed by atoms with Crippen LogP contribution in [0.5, 0.6) is 5.75 Å². The number of quaternary nitrogens is 1. The van der Waals surface area contributed by atoms with Crippen molar-refractivity contribution in [3.8, 4) is 5.75 Å². The molecule has 0 bridgehead atoms. The molecule has 1 aromatic heterocycles. The van der Waals surface area contributed by atoms with Crippen LogP contribution in [0, 0.1) is 5.21 Å². The van der Waals surface area contributed by atoms with Crippen molar-refractivity contribution in [3.05, 3.63) is 89.3 Å². The van der Waals surface area contributed by atoms with Gasteiger partial charge >= 0.3 is 0 Å². The average molecular weight is 388 g/mol. The molecule has 0 saturated carbocycles. The molecule has 2 heterocycles. The molecule has 0 amide bonds. The summed E-state index contributed by atoms with van der Waals surface area (Å²) in [6, 6.07) is 20.6. The quantitative estimate of drug-likeness (QED) is 0.344. The molecule has 1 aliphatic heterocycles. The van der Waals surface area contributed by atoms with Gasteiger partial charge in [0.2, 0.25) is 0 Å². The molecule has 6 nitrogen and oxygen atoms in total. The number of pyridine rings is 1. The van der Waals surface area contributed by atoms with E-state index >= 15 is 0 Å². The third-order valence-electron chi connectivity index (χ3n) is 4.82. The summed E-state index contributed by atoms with van der Waals surface area (Å²) in [7, 11) is 4.08. The van der Waals surface area contributed by atoms with E-state index in [0.29, 0.717) is 23.8 Å². The number of rotatable bonds is 7. The van der Waals surface area contributed by atoms with Crippen LogP contribution in [0.25, 0.3) is 0 Å². The van der Waals surface area contributed by atoms with Crippen molar-refractivity contribution < 1.29 is 4.74 Å². The fourth-order valence-electron chi connectivity index (χ4n) is 3.37. The van der Waals surface area contributed by atoms with Gasteiger partial charge in [-0.2, -0.15) is 0 Å². The van der Waals surface area contributed by atoms with Gasteiger partial charge in [-0.3, -0.25) is 0 Å². The lowest BCUT2D eigenvalue weighted by Crippen LogP contribution is -2.29. The van der Waals surface area contributed by atoms with Crippen LogP contribution >= 0.6 is 0 Å². The normalized spacial score (nSPS) is 17.9. The highest BCUT2D eigenvalue weighted by molar-refractivity contribution is 6.18. The Kier molecular flexibility index (Phi) is 5.40. The van der Waals surface area contributed by atoms with E-state index in [4.69, 9.17) is 4.74 Å². The number of fused-ring (bicyclic) bond motifs is 1. The second-order valence-corrected chi connectivity index (χ2v) is 7.26. The van der Waals surface area contributed by atoms with Gasteiger partial charge in [0.1, 0.15) is 11.5 Å². The molecule has 4 rings (SSSR count). The molecule has 1 atom stereocenters. The predicted octanol–water partition coefficient (Wildman–Crippen LogP) is 4.31. The predicted molar refractivity (Wildman–Crippen MR) is 116 cm³/mol. The largest absolute Gasteiger partial charge is 0.593 e. The van der Waals surface area contributed by atoms with Crippen LogP contribution in [0.3, 0.4) is 0 Å². The molecule has 1 aliphatic rings. The molecule has 0 spiro atoms. The number of aromatic nitrogens is 1. The standard InChI is InChI=1S/C23H24N4O2/c1-26(2)16-7-17-29-20-13-11-19(12-14-20)27(28)23-21(10-6-15-24-23)22(25-27)18-8-4-3-5-9-18/h3-6,8-15H,7,16-17H2,1-2H3. The summed E-state index contributed by atoms with van der Waals surface area (Å²) in [6.45, 7) is 1.60. The maximum absolute atomic E-state index is 13.8. The first-order valence-corrected chi connectivity index (χ1v) is 9.68. The van der Waals surface area contributed by atoms with Crippen molar-refractivity contribution in [3.63, 3.8) is 0 Å². The summed E-state index contributed by atoms with van der Waals surface area (Å²) < 4.78 is 4.82. The Labute approximate surface area is 170 Å². The van der Waals surface area contributed by atoms with E-state index in [0.717, 1.165) is 29.8 Å². The Morgan fingerprint density at radius 2 is 1.72 bits per heavy atom. The number of nitrogens with zero attached hydrogens (tertiary/aromatic N) is 4. The first-order valence-electron chi connectivity index (χ1n) is 9.68. The zero-order chi connectivity index (χ0) is 20.3. The van der Waals surface area contributed by atoms with Crippen LogP contribution in [0.4, 0.5) is 11.5 Å². The molecule has 2 aromatic carbocycles. The van der Waals surface area contributed by atoms with Gasteiger partial charge in [-0.15, -0.1) is 4.76 Å². The van der Waals surface area contributed by atoms with Crippen LogP contribution in [0.1, 0.15) is 17.5 Å². The molecular formula is C23H24N4O2. The summed E-state index contributed by atoms with van der Waals surface area (Å²) in [5, 5.41) is 18.3. The summed E-state index contributed by atoms with van der Waals surface area (Å²) in [4.78, 5) is 6.50. The third kappa shape index (κ3) is 3.91. The number of ether oxygens (including phenoxy) is 1. The maximum atomic E-state index is 13.8. The molecule has 3 aromatic rings. The molecule has 29 heavy (non-hydrogen) atoms. The fourth-order valence-corrected chi connectivity index (χ4v) is 3.37. The minimum Gasteiger partial charge on any atom is -0.593 e. The molecule has 0 saturated heterocycles. The molecule has 148 valence electrons. The summed E-state index contributed by atoms with van der Waals surface area (Å²) in [6.07, 6.45) is 2.58. The molecular weight excluding hydrogens is 364 g/mol. The highest BCUT2D eigenvalue weighted by Crippen LogP contribution is 2.41. The van der Waals surface area contributed by atoms with Gasteiger partial charge < -0.3 is 14.8 Å². The molecule has 0 fully saturated rings. The van der Waals surface area contributed by atoms with Crippen LogP contribution < -0.4 is 9.49 Å². The van der Waals surface area contributed by atoms with E-state index in [1.807, 2.05) is 68.7 Å². The molecule has 0 aliphatic carbocycles. The lowest BCUT2D eigenvalue weighted by molar-refractivity contribution is 0.281. The Hall–Kier alpha value is -3.06. The second kappa shape index (κ2) is 8.13. The minimum atomic E-state index is -0.957.